The van der Waals surface area contributed by atoms with Gasteiger partial charge >= 0.3 is 0 Å². The van der Waals surface area contributed by atoms with Crippen molar-refractivity contribution in [2.45, 2.75) is 11.7 Å². The number of hydrogen-bond acceptors (Lipinski definition) is 0. The number of halogens is 1. The Morgan fingerprint density at radius 2 is 1.83 bits per heavy atom. The van der Waals surface area contributed by atoms with Gasteiger partial charge in [0.15, 0.2) is 0 Å². The van der Waals surface area contributed by atoms with Crippen LogP contribution in [-0.2, 0) is 0 Å². The molecule has 1 rings (SSSR count). The molecular weight excluding hydrogens is 183 g/mol. The molecule has 12 heavy (non-hydrogen) atoms. The van der Waals surface area contributed by atoms with Gasteiger partial charge in [-0.1, -0.05) is 46.2 Å². The maximum absolute atomic E-state index is 3.74. The van der Waals surface area contributed by atoms with Crippen molar-refractivity contribution in [3.8, 4) is 0 Å². The molecule has 0 saturated carbocycles. The lowest BCUT2D eigenvalue weighted by atomic mass is 10.1. The van der Waals surface area contributed by atoms with Gasteiger partial charge in [0.1, 0.15) is 16.3 Å². The predicted molar refractivity (Wildman–Crippen MR) is 57.1 cm³/mol. The molecule has 62 valence electrons. The van der Waals surface area contributed by atoms with E-state index in [1.54, 1.807) is 0 Å². The van der Waals surface area contributed by atoms with E-state index < -0.39 is 0 Å². The van der Waals surface area contributed by atoms with Crippen LogP contribution in [0, 0.1) is 6.92 Å². The molecule has 2 heteroatoms. The standard InChI is InChI=1S/C10H11.Al.ClH/c1-3-4-10-7-5-9(2)6-8-10;;/h3-8H,1H2,2H3;;1H. The highest BCUT2D eigenvalue weighted by molar-refractivity contribution is 6.13. The lowest BCUT2D eigenvalue weighted by Gasteiger charge is -2.06. The van der Waals surface area contributed by atoms with Crippen molar-refractivity contribution < 1.29 is 0 Å². The number of benzene rings is 1. The zero-order valence-electron chi connectivity index (χ0n) is 7.16. The van der Waals surface area contributed by atoms with Crippen LogP contribution in [0.1, 0.15) is 15.9 Å². The topological polar surface area (TPSA) is 0 Å². The Morgan fingerprint density at radius 3 is 2.25 bits per heavy atom. The molecule has 2 radical (unpaired) electrons. The van der Waals surface area contributed by atoms with E-state index in [9.17, 15) is 0 Å². The fourth-order valence-electron chi connectivity index (χ4n) is 0.925. The van der Waals surface area contributed by atoms with Gasteiger partial charge in [-0.15, -0.1) is 19.0 Å². The average molecular weight is 195 g/mol. The zero-order chi connectivity index (χ0) is 8.27. The number of allylic oxidation sites excluding steroid dienone is 1. The van der Waals surface area contributed by atoms with Gasteiger partial charge in [-0.25, -0.2) is 0 Å². The summed E-state index contributed by atoms with van der Waals surface area (Å²) in [4.78, 5) is 0. The summed E-state index contributed by atoms with van der Waals surface area (Å²) in [5.74, 6) is 0. The third-order valence-corrected chi connectivity index (χ3v) is 2.37. The SMILES string of the molecule is C=C[CH]([Al])c1ccc(C)cc1.Cl. The monoisotopic (exact) mass is 194 g/mol. The molecular formula is C10H12AlCl. The average Bonchev–Trinajstić information content (AvgIpc) is 2.05. The molecule has 0 heterocycles. The van der Waals surface area contributed by atoms with Crippen LogP contribution < -0.4 is 0 Å². The van der Waals surface area contributed by atoms with Crippen LogP contribution >= 0.6 is 12.4 Å². The number of aryl methyl sites for hydroxylation is 1. The highest BCUT2D eigenvalue weighted by atomic mass is 35.5. The minimum Gasteiger partial charge on any atom is -0.147 e. The first-order valence-electron chi connectivity index (χ1n) is 3.68. The molecule has 0 saturated heterocycles. The second kappa shape index (κ2) is 5.43. The highest BCUT2D eigenvalue weighted by Crippen LogP contribution is 2.13. The van der Waals surface area contributed by atoms with Gasteiger partial charge in [0.25, 0.3) is 0 Å². The first-order valence-corrected chi connectivity index (χ1v) is 4.35. The van der Waals surface area contributed by atoms with Gasteiger partial charge < -0.3 is 0 Å². The molecule has 1 aromatic carbocycles. The van der Waals surface area contributed by atoms with Crippen molar-refractivity contribution in [1.29, 1.82) is 0 Å². The first kappa shape index (κ1) is 11.8. The summed E-state index contributed by atoms with van der Waals surface area (Å²) in [6.07, 6.45) is 1.93. The third-order valence-electron chi connectivity index (χ3n) is 1.72. The molecule has 1 unspecified atom stereocenters. The second-order valence-electron chi connectivity index (χ2n) is 2.67. The first-order chi connectivity index (χ1) is 5.24. The Hall–Kier alpha value is -0.218. The van der Waals surface area contributed by atoms with Crippen molar-refractivity contribution in [2.75, 3.05) is 0 Å². The largest absolute Gasteiger partial charge is 0.147 e. The van der Waals surface area contributed by atoms with Crippen LogP contribution in [0.15, 0.2) is 36.9 Å². The quantitative estimate of drug-likeness (QED) is 0.502. The fourth-order valence-corrected chi connectivity index (χ4v) is 1.15. The molecule has 0 fully saturated rings. The Morgan fingerprint density at radius 1 is 1.33 bits per heavy atom. The molecule has 0 nitrogen and oxygen atoms in total. The maximum Gasteiger partial charge on any atom is 0.138 e. The van der Waals surface area contributed by atoms with E-state index in [0.717, 1.165) is 0 Å². The van der Waals surface area contributed by atoms with Crippen molar-refractivity contribution in [1.82, 2.24) is 0 Å². The molecule has 0 aliphatic heterocycles. The minimum atomic E-state index is 0. The minimum absolute atomic E-state index is 0. The number of hydrogen-bond donors (Lipinski definition) is 0. The molecule has 0 bridgehead atoms. The maximum atomic E-state index is 3.74. The van der Waals surface area contributed by atoms with Crippen LogP contribution in [0.5, 0.6) is 0 Å². The van der Waals surface area contributed by atoms with Crippen LogP contribution in [0.3, 0.4) is 0 Å². The summed E-state index contributed by atoms with van der Waals surface area (Å²) >= 11 is 2.75. The van der Waals surface area contributed by atoms with Gasteiger partial charge in [0, 0.05) is 0 Å². The third kappa shape index (κ3) is 3.03. The summed E-state index contributed by atoms with van der Waals surface area (Å²) in [5.41, 5.74) is 2.60. The predicted octanol–water partition coefficient (Wildman–Crippen LogP) is 2.81. The molecule has 0 aliphatic rings. The molecule has 0 aliphatic carbocycles. The van der Waals surface area contributed by atoms with E-state index in [2.05, 4.69) is 54.1 Å². The van der Waals surface area contributed by atoms with E-state index in [4.69, 9.17) is 0 Å². The summed E-state index contributed by atoms with van der Waals surface area (Å²) in [6.45, 7) is 5.83. The van der Waals surface area contributed by atoms with Crippen LogP contribution in [0.25, 0.3) is 0 Å². The Bertz CT molecular complexity index is 241. The Balaban J connectivity index is 0.00000121. The van der Waals surface area contributed by atoms with Crippen molar-refractivity contribution in [3.63, 3.8) is 0 Å². The highest BCUT2D eigenvalue weighted by Gasteiger charge is 1.96. The van der Waals surface area contributed by atoms with Crippen LogP contribution in [-0.4, -0.2) is 16.3 Å². The molecule has 0 amide bonds. The van der Waals surface area contributed by atoms with Crippen molar-refractivity contribution in [2.24, 2.45) is 0 Å². The molecule has 1 aromatic rings. The smallest absolute Gasteiger partial charge is 0.138 e. The van der Waals surface area contributed by atoms with Crippen molar-refractivity contribution in [3.05, 3.63) is 48.0 Å². The lowest BCUT2D eigenvalue weighted by Crippen LogP contribution is -1.92. The molecule has 0 aromatic heterocycles. The van der Waals surface area contributed by atoms with E-state index in [-0.39, 0.29) is 12.4 Å². The van der Waals surface area contributed by atoms with Gasteiger partial charge in [0.2, 0.25) is 0 Å². The van der Waals surface area contributed by atoms with E-state index >= 15 is 0 Å². The fraction of sp³-hybridized carbons (Fsp3) is 0.200. The molecule has 1 atom stereocenters. The number of rotatable bonds is 2. The van der Waals surface area contributed by atoms with Crippen LogP contribution in [0.2, 0.25) is 0 Å². The summed E-state index contributed by atoms with van der Waals surface area (Å²) in [7, 11) is 0. The zero-order valence-corrected chi connectivity index (χ0v) is 9.13. The van der Waals surface area contributed by atoms with E-state index in [1.165, 1.54) is 11.1 Å². The Labute approximate surface area is 88.5 Å². The van der Waals surface area contributed by atoms with Gasteiger partial charge in [-0.2, -0.15) is 0 Å². The van der Waals surface area contributed by atoms with Crippen LogP contribution in [0.4, 0.5) is 0 Å². The summed E-state index contributed by atoms with van der Waals surface area (Å²) in [6, 6.07) is 8.51. The molecule has 0 N–H and O–H groups in total. The van der Waals surface area contributed by atoms with Gasteiger partial charge in [-0.05, 0) is 6.92 Å². The lowest BCUT2D eigenvalue weighted by molar-refractivity contribution is 1.21. The Kier molecular flexibility index (Phi) is 5.33. The second-order valence-corrected chi connectivity index (χ2v) is 3.39. The van der Waals surface area contributed by atoms with E-state index in [0.29, 0.717) is 4.78 Å². The normalized spacial score (nSPS) is 11.4. The van der Waals surface area contributed by atoms with Crippen molar-refractivity contribution >= 4 is 28.7 Å². The van der Waals surface area contributed by atoms with Gasteiger partial charge in [-0.3, -0.25) is 0 Å². The molecule has 0 spiro atoms. The van der Waals surface area contributed by atoms with E-state index in [1.807, 2.05) is 6.08 Å². The van der Waals surface area contributed by atoms with Gasteiger partial charge in [0.05, 0.1) is 0 Å². The summed E-state index contributed by atoms with van der Waals surface area (Å²) in [5, 5.41) is 0. The summed E-state index contributed by atoms with van der Waals surface area (Å²) < 4.78 is 0.385.